The summed E-state index contributed by atoms with van der Waals surface area (Å²) in [6.45, 7) is -0.503. The molecule has 0 aliphatic carbocycles. The molecule has 0 fully saturated rings. The highest BCUT2D eigenvalue weighted by Gasteiger charge is 2.16. The largest absolute Gasteiger partial charge is 0.760 e. The Morgan fingerprint density at radius 3 is 2.35 bits per heavy atom. The van der Waals surface area contributed by atoms with Gasteiger partial charge in [0.2, 0.25) is 0 Å². The summed E-state index contributed by atoms with van der Waals surface area (Å²) in [5, 5.41) is 7.87. The van der Waals surface area contributed by atoms with Gasteiger partial charge in [0.25, 0.3) is 0 Å². The molecule has 2 aromatic carbocycles. The molecular formula is C15H13F2N4O4S-. The topological polar surface area (TPSA) is 101 Å². The normalized spacial score (nSPS) is 12.3. The molecule has 0 aliphatic rings. The Kier molecular flexibility index (Phi) is 5.11. The molecule has 0 saturated heterocycles. The van der Waals surface area contributed by atoms with Crippen LogP contribution in [0.1, 0.15) is 5.56 Å². The van der Waals surface area contributed by atoms with Gasteiger partial charge in [-0.15, -0.1) is 5.10 Å². The second-order valence-corrected chi connectivity index (χ2v) is 5.90. The van der Waals surface area contributed by atoms with E-state index in [9.17, 15) is 17.5 Å². The second-order valence-electron chi connectivity index (χ2n) is 5.14. The summed E-state index contributed by atoms with van der Waals surface area (Å²) in [5.41, 5.74) is 0.576. The van der Waals surface area contributed by atoms with Crippen LogP contribution in [0.25, 0.3) is 16.7 Å². The monoisotopic (exact) mass is 383 g/mol. The summed E-state index contributed by atoms with van der Waals surface area (Å²) in [5.74, 6) is -0.983. The van der Waals surface area contributed by atoms with Crippen molar-refractivity contribution in [3.8, 4) is 17.2 Å². The van der Waals surface area contributed by atoms with Gasteiger partial charge >= 0.3 is 0 Å². The first-order chi connectivity index (χ1) is 12.4. The van der Waals surface area contributed by atoms with Crippen LogP contribution in [0, 0.1) is 11.6 Å². The maximum absolute atomic E-state index is 14.2. The van der Waals surface area contributed by atoms with Crippen molar-refractivity contribution in [3.63, 3.8) is 0 Å². The maximum Gasteiger partial charge on any atom is 0.163 e. The minimum absolute atomic E-state index is 0.0849. The molecule has 0 amide bonds. The molecule has 1 unspecified atom stereocenters. The predicted octanol–water partition coefficient (Wildman–Crippen LogP) is 1.60. The van der Waals surface area contributed by atoms with Crippen molar-refractivity contribution in [2.24, 2.45) is 0 Å². The first-order valence-electron chi connectivity index (χ1n) is 7.23. The summed E-state index contributed by atoms with van der Waals surface area (Å²) in [4.78, 5) is 0. The number of rotatable bonds is 6. The second kappa shape index (κ2) is 7.32. The number of halogens is 2. The Hall–Kier alpha value is -2.63. The lowest BCUT2D eigenvalue weighted by Crippen LogP contribution is -2.18. The van der Waals surface area contributed by atoms with E-state index in [1.807, 2.05) is 4.72 Å². The zero-order valence-corrected chi connectivity index (χ0v) is 14.5. The molecule has 0 aliphatic heterocycles. The molecule has 11 heteroatoms. The molecule has 3 aromatic rings. The summed E-state index contributed by atoms with van der Waals surface area (Å²) < 4.78 is 63.0. The van der Waals surface area contributed by atoms with E-state index >= 15 is 0 Å². The summed E-state index contributed by atoms with van der Waals surface area (Å²) in [7, 11) is 2.93. The van der Waals surface area contributed by atoms with E-state index in [0.717, 1.165) is 12.1 Å². The molecular weight excluding hydrogens is 370 g/mol. The molecule has 0 saturated carbocycles. The Labute approximate surface area is 149 Å². The molecule has 26 heavy (non-hydrogen) atoms. The van der Waals surface area contributed by atoms with Gasteiger partial charge in [0.05, 0.1) is 25.4 Å². The van der Waals surface area contributed by atoms with E-state index in [-0.39, 0.29) is 5.69 Å². The Balaban J connectivity index is 2.08. The van der Waals surface area contributed by atoms with Crippen molar-refractivity contribution in [2.75, 3.05) is 14.2 Å². The van der Waals surface area contributed by atoms with E-state index in [0.29, 0.717) is 22.5 Å². The Morgan fingerprint density at radius 2 is 1.77 bits per heavy atom. The number of hydrogen-bond acceptors (Lipinski definition) is 6. The Bertz CT molecular complexity index is 972. The van der Waals surface area contributed by atoms with Crippen LogP contribution in [-0.4, -0.2) is 38.0 Å². The van der Waals surface area contributed by atoms with E-state index < -0.39 is 35.0 Å². The number of aromatic nitrogens is 3. The fraction of sp³-hybridized carbons (Fsp3) is 0.200. The molecule has 0 bridgehead atoms. The third-order valence-corrected chi connectivity index (χ3v) is 4.07. The zero-order valence-electron chi connectivity index (χ0n) is 13.7. The van der Waals surface area contributed by atoms with Crippen LogP contribution in [0.15, 0.2) is 24.3 Å². The fourth-order valence-electron chi connectivity index (χ4n) is 2.45. The summed E-state index contributed by atoms with van der Waals surface area (Å²) in [6, 6.07) is 5.25. The van der Waals surface area contributed by atoms with Crippen LogP contribution in [0.3, 0.4) is 0 Å². The van der Waals surface area contributed by atoms with Crippen molar-refractivity contribution in [1.29, 1.82) is 0 Å². The number of benzene rings is 2. The molecule has 8 nitrogen and oxygen atoms in total. The van der Waals surface area contributed by atoms with Gasteiger partial charge in [0.15, 0.2) is 11.5 Å². The highest BCUT2D eigenvalue weighted by atomic mass is 32.2. The number of hydrogen-bond donors (Lipinski definition) is 1. The van der Waals surface area contributed by atoms with Crippen LogP contribution in [-0.2, 0) is 17.8 Å². The number of methoxy groups -OCH3 is 2. The van der Waals surface area contributed by atoms with Gasteiger partial charge in [-0.25, -0.2) is 18.2 Å². The van der Waals surface area contributed by atoms with Crippen molar-refractivity contribution in [1.82, 2.24) is 19.7 Å². The van der Waals surface area contributed by atoms with E-state index in [4.69, 9.17) is 9.47 Å². The van der Waals surface area contributed by atoms with Crippen LogP contribution >= 0.6 is 0 Å². The first-order valence-corrected chi connectivity index (χ1v) is 8.30. The Morgan fingerprint density at radius 1 is 1.15 bits per heavy atom. The van der Waals surface area contributed by atoms with Gasteiger partial charge in [-0.3, -0.25) is 4.21 Å². The van der Waals surface area contributed by atoms with Crippen LogP contribution in [0.4, 0.5) is 8.78 Å². The lowest BCUT2D eigenvalue weighted by atomic mass is 10.1. The van der Waals surface area contributed by atoms with E-state index in [1.165, 1.54) is 18.9 Å². The molecule has 0 spiro atoms. The quantitative estimate of drug-likeness (QED) is 0.649. The van der Waals surface area contributed by atoms with Crippen LogP contribution in [0.2, 0.25) is 0 Å². The van der Waals surface area contributed by atoms with Crippen molar-refractivity contribution < 1.29 is 27.0 Å². The fourth-order valence-corrected chi connectivity index (χ4v) is 2.71. The number of nitrogens with zero attached hydrogens (tertiary/aromatic N) is 3. The minimum atomic E-state index is -2.63. The number of nitrogens with one attached hydrogen (secondary N) is 1. The van der Waals surface area contributed by atoms with Gasteiger partial charge < -0.3 is 14.0 Å². The molecule has 3 rings (SSSR count). The number of ether oxygens (including phenoxy) is 2. The lowest BCUT2D eigenvalue weighted by molar-refractivity contribution is 0.355. The highest BCUT2D eigenvalue weighted by Crippen LogP contribution is 2.32. The van der Waals surface area contributed by atoms with Gasteiger partial charge in [0.1, 0.15) is 17.2 Å². The molecule has 138 valence electrons. The smallest absolute Gasteiger partial charge is 0.163 e. The summed E-state index contributed by atoms with van der Waals surface area (Å²) in [6.07, 6.45) is 0. The van der Waals surface area contributed by atoms with Gasteiger partial charge in [-0.1, -0.05) is 5.21 Å². The van der Waals surface area contributed by atoms with Gasteiger partial charge in [0, 0.05) is 47.6 Å². The zero-order chi connectivity index (χ0) is 18.8. The average Bonchev–Trinajstić information content (AvgIpc) is 3.02. The maximum atomic E-state index is 14.2. The molecule has 0 radical (unpaired) electrons. The van der Waals surface area contributed by atoms with Crippen molar-refractivity contribution in [3.05, 3.63) is 41.5 Å². The lowest BCUT2D eigenvalue weighted by Gasteiger charge is -2.11. The van der Waals surface area contributed by atoms with Crippen LogP contribution in [0.5, 0.6) is 11.5 Å². The van der Waals surface area contributed by atoms with Crippen molar-refractivity contribution in [2.45, 2.75) is 6.54 Å². The molecule has 1 heterocycles. The minimum Gasteiger partial charge on any atom is -0.760 e. The molecule has 1 atom stereocenters. The van der Waals surface area contributed by atoms with E-state index in [2.05, 4.69) is 10.3 Å². The average molecular weight is 383 g/mol. The number of fused-ring (bicyclic) bond motifs is 1. The highest BCUT2D eigenvalue weighted by molar-refractivity contribution is 7.77. The van der Waals surface area contributed by atoms with Crippen molar-refractivity contribution >= 4 is 22.3 Å². The van der Waals surface area contributed by atoms with Crippen LogP contribution < -0.4 is 14.2 Å². The SMILES string of the molecule is COc1cc2nnn(-c3cc(F)c(CNS(=O)[O-])c(F)c3)c2cc1OC. The molecule has 1 N–H and O–H groups in total. The third kappa shape index (κ3) is 3.36. The first kappa shape index (κ1) is 18.2. The summed E-state index contributed by atoms with van der Waals surface area (Å²) >= 11 is -2.63. The standard InChI is InChI=1S/C15H14F2N4O4S/c1-24-14-5-12-13(6-15(14)25-2)21(20-19-12)8-3-10(16)9(11(17)4-8)7-18-26(22)23/h3-6,18H,7H2,1-2H3,(H,22,23)/p-1. The van der Waals surface area contributed by atoms with Gasteiger partial charge in [-0.05, 0) is 0 Å². The molecule has 1 aromatic heterocycles. The van der Waals surface area contributed by atoms with Gasteiger partial charge in [-0.2, -0.15) is 0 Å². The third-order valence-electron chi connectivity index (χ3n) is 3.69. The van der Waals surface area contributed by atoms with E-state index in [1.54, 1.807) is 12.1 Å². The predicted molar refractivity (Wildman–Crippen MR) is 87.6 cm³/mol.